The highest BCUT2D eigenvalue weighted by Crippen LogP contribution is 2.33. The third-order valence-electron chi connectivity index (χ3n) is 3.34. The van der Waals surface area contributed by atoms with E-state index in [0.29, 0.717) is 26.0 Å². The van der Waals surface area contributed by atoms with E-state index >= 15 is 0 Å². The lowest BCUT2D eigenvalue weighted by atomic mass is 10.1. The average molecular weight is 389 g/mol. The monoisotopic (exact) mass is 388 g/mol. The third-order valence-corrected chi connectivity index (χ3v) is 4.87. The first-order chi connectivity index (χ1) is 12.3. The van der Waals surface area contributed by atoms with E-state index in [2.05, 4.69) is 5.32 Å². The SMILES string of the molecule is Cc1c(C(=O)OC(C)C)sc(NC(=O)C=Cc2ccccc2Cl)c1C#N. The van der Waals surface area contributed by atoms with Crippen LogP contribution in [0.25, 0.3) is 6.08 Å². The number of carbonyl (C=O) groups is 2. The van der Waals surface area contributed by atoms with Gasteiger partial charge in [-0.3, -0.25) is 4.79 Å². The maximum Gasteiger partial charge on any atom is 0.348 e. The first-order valence-electron chi connectivity index (χ1n) is 7.81. The number of hydrogen-bond acceptors (Lipinski definition) is 5. The Morgan fingerprint density at radius 2 is 2.04 bits per heavy atom. The molecule has 1 aromatic carbocycles. The number of amides is 1. The van der Waals surface area contributed by atoms with Crippen LogP contribution in [0.5, 0.6) is 0 Å². The van der Waals surface area contributed by atoms with Crippen molar-refractivity contribution in [1.29, 1.82) is 5.26 Å². The number of carbonyl (C=O) groups excluding carboxylic acids is 2. The topological polar surface area (TPSA) is 79.2 Å². The molecule has 1 N–H and O–H groups in total. The van der Waals surface area contributed by atoms with Crippen LogP contribution < -0.4 is 5.32 Å². The summed E-state index contributed by atoms with van der Waals surface area (Å²) in [6, 6.07) is 9.14. The second kappa shape index (κ2) is 8.65. The first-order valence-corrected chi connectivity index (χ1v) is 9.01. The minimum atomic E-state index is -0.508. The van der Waals surface area contributed by atoms with Crippen LogP contribution in [0.4, 0.5) is 5.00 Å². The quantitative estimate of drug-likeness (QED) is 0.589. The zero-order valence-corrected chi connectivity index (χ0v) is 16.1. The van der Waals surface area contributed by atoms with Crippen molar-refractivity contribution < 1.29 is 14.3 Å². The fourth-order valence-corrected chi connectivity index (χ4v) is 3.37. The number of rotatable bonds is 5. The molecule has 5 nitrogen and oxygen atoms in total. The molecule has 0 aliphatic carbocycles. The largest absolute Gasteiger partial charge is 0.459 e. The lowest BCUT2D eigenvalue weighted by Gasteiger charge is -2.06. The van der Waals surface area contributed by atoms with Crippen molar-refractivity contribution in [3.63, 3.8) is 0 Å². The molecule has 0 radical (unpaired) electrons. The number of nitrogens with one attached hydrogen (secondary N) is 1. The van der Waals surface area contributed by atoms with E-state index in [4.69, 9.17) is 16.3 Å². The van der Waals surface area contributed by atoms with Crippen LogP contribution in [-0.2, 0) is 9.53 Å². The molecule has 0 atom stereocenters. The molecule has 0 saturated carbocycles. The molecule has 2 aromatic rings. The van der Waals surface area contributed by atoms with Gasteiger partial charge in [-0.05, 0) is 44.0 Å². The highest BCUT2D eigenvalue weighted by molar-refractivity contribution is 7.18. The van der Waals surface area contributed by atoms with Gasteiger partial charge in [-0.15, -0.1) is 11.3 Å². The van der Waals surface area contributed by atoms with E-state index in [1.165, 1.54) is 6.08 Å². The van der Waals surface area contributed by atoms with E-state index < -0.39 is 11.9 Å². The van der Waals surface area contributed by atoms with Crippen molar-refractivity contribution in [1.82, 2.24) is 0 Å². The molecule has 0 unspecified atom stereocenters. The van der Waals surface area contributed by atoms with Crippen molar-refractivity contribution in [3.8, 4) is 6.07 Å². The van der Waals surface area contributed by atoms with Crippen molar-refractivity contribution >= 4 is 45.9 Å². The van der Waals surface area contributed by atoms with Gasteiger partial charge in [0.15, 0.2) is 0 Å². The zero-order valence-electron chi connectivity index (χ0n) is 14.5. The molecular formula is C19H17ClN2O3S. The van der Waals surface area contributed by atoms with Crippen molar-refractivity contribution in [3.05, 3.63) is 56.9 Å². The Labute approximate surface area is 160 Å². The molecule has 0 fully saturated rings. The summed E-state index contributed by atoms with van der Waals surface area (Å²) in [5, 5.41) is 12.8. The fraction of sp³-hybridized carbons (Fsp3) is 0.211. The van der Waals surface area contributed by atoms with Crippen LogP contribution in [0.2, 0.25) is 5.02 Å². The van der Waals surface area contributed by atoms with Crippen LogP contribution in [0.3, 0.4) is 0 Å². The second-order valence-corrected chi connectivity index (χ2v) is 7.10. The van der Waals surface area contributed by atoms with Crippen LogP contribution in [0, 0.1) is 18.3 Å². The van der Waals surface area contributed by atoms with Crippen molar-refractivity contribution in [2.45, 2.75) is 26.9 Å². The number of anilines is 1. The molecule has 0 spiro atoms. The van der Waals surface area contributed by atoms with Gasteiger partial charge in [-0.2, -0.15) is 5.26 Å². The number of thiophene rings is 1. The first kappa shape index (κ1) is 19.7. The normalized spacial score (nSPS) is 10.8. The van der Waals surface area contributed by atoms with Crippen LogP contribution in [-0.4, -0.2) is 18.0 Å². The smallest absolute Gasteiger partial charge is 0.348 e. The predicted octanol–water partition coefficient (Wildman–Crippen LogP) is 4.80. The minimum Gasteiger partial charge on any atom is -0.459 e. The molecular weight excluding hydrogens is 372 g/mol. The van der Waals surface area contributed by atoms with Crippen LogP contribution >= 0.6 is 22.9 Å². The lowest BCUT2D eigenvalue weighted by molar-refractivity contribution is -0.111. The van der Waals surface area contributed by atoms with Gasteiger partial charge in [0.05, 0.1) is 11.7 Å². The molecule has 2 rings (SSSR count). The highest BCUT2D eigenvalue weighted by Gasteiger charge is 2.22. The van der Waals surface area contributed by atoms with Gasteiger partial charge in [0.2, 0.25) is 5.91 Å². The summed E-state index contributed by atoms with van der Waals surface area (Å²) in [6.07, 6.45) is 2.63. The van der Waals surface area contributed by atoms with Gasteiger partial charge in [0, 0.05) is 11.1 Å². The second-order valence-electron chi connectivity index (χ2n) is 5.67. The molecule has 134 valence electrons. The molecule has 1 heterocycles. The van der Waals surface area contributed by atoms with E-state index in [-0.39, 0.29) is 11.7 Å². The standard InChI is InChI=1S/C19H17ClN2O3S/c1-11(2)25-19(24)17-12(3)14(10-21)18(26-17)22-16(23)9-8-13-6-4-5-7-15(13)20/h4-9,11H,1-3H3,(H,22,23). The Kier molecular flexibility index (Phi) is 6.56. The van der Waals surface area contributed by atoms with Gasteiger partial charge < -0.3 is 10.1 Å². The Balaban J connectivity index is 2.21. The summed E-state index contributed by atoms with van der Waals surface area (Å²) >= 11 is 7.07. The Bertz CT molecular complexity index is 910. The highest BCUT2D eigenvalue weighted by atomic mass is 35.5. The molecule has 26 heavy (non-hydrogen) atoms. The Morgan fingerprint density at radius 3 is 2.65 bits per heavy atom. The number of hydrogen-bond donors (Lipinski definition) is 1. The zero-order chi connectivity index (χ0) is 19.3. The van der Waals surface area contributed by atoms with Gasteiger partial charge in [-0.25, -0.2) is 4.79 Å². The molecule has 1 amide bonds. The average Bonchev–Trinajstić information content (AvgIpc) is 2.89. The van der Waals surface area contributed by atoms with Crippen molar-refractivity contribution in [2.75, 3.05) is 5.32 Å². The molecule has 0 bridgehead atoms. The summed E-state index contributed by atoms with van der Waals surface area (Å²) in [4.78, 5) is 24.6. The lowest BCUT2D eigenvalue weighted by Crippen LogP contribution is -2.11. The van der Waals surface area contributed by atoms with Crippen LogP contribution in [0.1, 0.15) is 40.2 Å². The minimum absolute atomic E-state index is 0.255. The van der Waals surface area contributed by atoms with Gasteiger partial charge in [0.1, 0.15) is 15.9 Å². The predicted molar refractivity (Wildman–Crippen MR) is 103 cm³/mol. The summed E-state index contributed by atoms with van der Waals surface area (Å²) < 4.78 is 5.17. The van der Waals surface area contributed by atoms with E-state index in [9.17, 15) is 14.9 Å². The summed E-state index contributed by atoms with van der Waals surface area (Å²) in [6.45, 7) is 5.14. The number of halogens is 1. The van der Waals surface area contributed by atoms with Gasteiger partial charge in [-0.1, -0.05) is 29.8 Å². The number of ether oxygens (including phenoxy) is 1. The maximum absolute atomic E-state index is 12.2. The summed E-state index contributed by atoms with van der Waals surface area (Å²) in [5.74, 6) is -0.933. The Morgan fingerprint density at radius 1 is 1.35 bits per heavy atom. The number of nitriles is 1. The number of esters is 1. The molecule has 0 aliphatic rings. The van der Waals surface area contributed by atoms with Crippen molar-refractivity contribution in [2.24, 2.45) is 0 Å². The molecule has 1 aromatic heterocycles. The molecule has 0 aliphatic heterocycles. The van der Waals surface area contributed by atoms with E-state index in [0.717, 1.165) is 11.3 Å². The Hall–Kier alpha value is -2.62. The molecule has 7 heteroatoms. The molecule has 0 saturated heterocycles. The van der Waals surface area contributed by atoms with Gasteiger partial charge >= 0.3 is 5.97 Å². The van der Waals surface area contributed by atoms with E-state index in [1.807, 2.05) is 12.1 Å². The summed E-state index contributed by atoms with van der Waals surface area (Å²) in [5.41, 5.74) is 1.45. The fourth-order valence-electron chi connectivity index (χ4n) is 2.13. The van der Waals surface area contributed by atoms with Crippen LogP contribution in [0.15, 0.2) is 30.3 Å². The third kappa shape index (κ3) is 4.72. The van der Waals surface area contributed by atoms with E-state index in [1.54, 1.807) is 45.0 Å². The maximum atomic E-state index is 12.2. The summed E-state index contributed by atoms with van der Waals surface area (Å²) in [7, 11) is 0. The van der Waals surface area contributed by atoms with Gasteiger partial charge in [0.25, 0.3) is 0 Å². The number of nitrogens with zero attached hydrogens (tertiary/aromatic N) is 1. The number of benzene rings is 1.